The van der Waals surface area contributed by atoms with Crippen LogP contribution in [0.4, 0.5) is 0 Å². The summed E-state index contributed by atoms with van der Waals surface area (Å²) in [4.78, 5) is 1.22. The van der Waals surface area contributed by atoms with Gasteiger partial charge in [-0.25, -0.2) is 5.01 Å². The number of benzene rings is 2. The fourth-order valence-electron chi connectivity index (χ4n) is 3.66. The van der Waals surface area contributed by atoms with Crippen molar-refractivity contribution in [1.82, 2.24) is 5.01 Å². The third kappa shape index (κ3) is 3.04. The highest BCUT2D eigenvalue weighted by Crippen LogP contribution is 2.51. The van der Waals surface area contributed by atoms with E-state index in [-0.39, 0.29) is 12.3 Å². The lowest BCUT2D eigenvalue weighted by molar-refractivity contribution is -0.0197. The normalized spacial score (nSPS) is 20.7. The molecule has 2 aliphatic rings. The molecule has 3 nitrogen and oxygen atoms in total. The largest absolute Gasteiger partial charge is 0.463 e. The van der Waals surface area contributed by atoms with Crippen molar-refractivity contribution in [3.8, 4) is 5.75 Å². The number of ether oxygens (including phenoxy) is 1. The summed E-state index contributed by atoms with van der Waals surface area (Å²) in [6.07, 6.45) is 0.639. The van der Waals surface area contributed by atoms with Crippen molar-refractivity contribution in [2.75, 3.05) is 0 Å². The number of nitrogens with zero attached hydrogens (tertiary/aromatic N) is 2. The molecule has 0 amide bonds. The molecular weight excluding hydrogens is 488 g/mol. The van der Waals surface area contributed by atoms with E-state index in [1.807, 2.05) is 6.07 Å². The van der Waals surface area contributed by atoms with E-state index in [1.54, 1.807) is 11.3 Å². The highest BCUT2D eigenvalue weighted by molar-refractivity contribution is 9.11. The van der Waals surface area contributed by atoms with Gasteiger partial charge in [0.2, 0.25) is 6.23 Å². The van der Waals surface area contributed by atoms with Gasteiger partial charge in [-0.3, -0.25) is 0 Å². The summed E-state index contributed by atoms with van der Waals surface area (Å²) in [7, 11) is 0. The molecule has 0 fully saturated rings. The van der Waals surface area contributed by atoms with E-state index >= 15 is 0 Å². The number of halogens is 2. The molecule has 0 spiro atoms. The molecule has 0 unspecified atom stereocenters. The van der Waals surface area contributed by atoms with E-state index in [2.05, 4.69) is 91.6 Å². The minimum absolute atomic E-state index is 0.158. The van der Waals surface area contributed by atoms with Crippen molar-refractivity contribution < 1.29 is 4.74 Å². The molecule has 2 atom stereocenters. The van der Waals surface area contributed by atoms with Gasteiger partial charge in [0.25, 0.3) is 0 Å². The number of aryl methyl sites for hydroxylation is 1. The molecule has 6 heteroatoms. The highest BCUT2D eigenvalue weighted by Gasteiger charge is 2.42. The molecule has 0 aliphatic carbocycles. The Bertz CT molecular complexity index is 1030. The van der Waals surface area contributed by atoms with E-state index in [0.717, 1.165) is 38.0 Å². The van der Waals surface area contributed by atoms with Crippen LogP contribution in [0.3, 0.4) is 0 Å². The predicted octanol–water partition coefficient (Wildman–Crippen LogP) is 6.82. The summed E-state index contributed by atoms with van der Waals surface area (Å²) in [5, 5.41) is 9.22. The lowest BCUT2D eigenvalue weighted by atomic mass is 9.97. The molecule has 136 valence electrons. The van der Waals surface area contributed by atoms with Crippen LogP contribution in [0.15, 0.2) is 68.0 Å². The van der Waals surface area contributed by atoms with Gasteiger partial charge in [0.15, 0.2) is 0 Å². The number of thiophene rings is 1. The van der Waals surface area contributed by atoms with E-state index in [1.165, 1.54) is 10.4 Å². The van der Waals surface area contributed by atoms with Crippen LogP contribution in [-0.4, -0.2) is 10.7 Å². The molecular formula is C21H16Br2N2OS. The Labute approximate surface area is 178 Å². The number of hydrogen-bond acceptors (Lipinski definition) is 4. The van der Waals surface area contributed by atoms with Gasteiger partial charge >= 0.3 is 0 Å². The summed E-state index contributed by atoms with van der Waals surface area (Å²) in [5.74, 6) is 0.910. The number of rotatable bonds is 2. The lowest BCUT2D eigenvalue weighted by Gasteiger charge is -2.38. The molecule has 2 aromatic carbocycles. The van der Waals surface area contributed by atoms with Gasteiger partial charge < -0.3 is 4.74 Å². The zero-order valence-corrected chi connectivity index (χ0v) is 18.5. The molecule has 0 radical (unpaired) electrons. The third-order valence-electron chi connectivity index (χ3n) is 4.98. The maximum Gasteiger partial charge on any atom is 0.213 e. The third-order valence-corrected chi connectivity index (χ3v) is 6.94. The van der Waals surface area contributed by atoms with Crippen molar-refractivity contribution in [2.24, 2.45) is 5.10 Å². The molecule has 0 saturated carbocycles. The van der Waals surface area contributed by atoms with Crippen LogP contribution >= 0.6 is 43.2 Å². The molecule has 0 bridgehead atoms. The molecule has 0 N–H and O–H groups in total. The predicted molar refractivity (Wildman–Crippen MR) is 116 cm³/mol. The van der Waals surface area contributed by atoms with Crippen molar-refractivity contribution in [3.05, 3.63) is 84.4 Å². The minimum atomic E-state index is -0.238. The van der Waals surface area contributed by atoms with Crippen LogP contribution in [0.1, 0.15) is 40.3 Å². The zero-order valence-electron chi connectivity index (χ0n) is 14.5. The fraction of sp³-hybridized carbons (Fsp3) is 0.190. The van der Waals surface area contributed by atoms with Gasteiger partial charge in [-0.1, -0.05) is 51.8 Å². The van der Waals surface area contributed by atoms with Crippen LogP contribution in [0.25, 0.3) is 0 Å². The topological polar surface area (TPSA) is 24.8 Å². The Kier molecular flexibility index (Phi) is 4.37. The van der Waals surface area contributed by atoms with E-state index in [9.17, 15) is 0 Å². The Morgan fingerprint density at radius 2 is 1.96 bits per heavy atom. The smallest absolute Gasteiger partial charge is 0.213 e. The monoisotopic (exact) mass is 502 g/mol. The summed E-state index contributed by atoms with van der Waals surface area (Å²) in [5.41, 5.74) is 4.64. The van der Waals surface area contributed by atoms with Gasteiger partial charge in [0.05, 0.1) is 21.1 Å². The van der Waals surface area contributed by atoms with Crippen LogP contribution in [0.5, 0.6) is 5.75 Å². The van der Waals surface area contributed by atoms with Crippen LogP contribution in [0, 0.1) is 6.92 Å². The Morgan fingerprint density at radius 1 is 1.15 bits per heavy atom. The highest BCUT2D eigenvalue weighted by atomic mass is 79.9. The van der Waals surface area contributed by atoms with E-state index in [4.69, 9.17) is 9.84 Å². The van der Waals surface area contributed by atoms with Gasteiger partial charge in [-0.15, -0.1) is 11.3 Å². The SMILES string of the molecule is Cc1ccc([C@H]2Oc3c(Br)cc(Br)cc3[C@H]3CC(c4cccs4)=NN32)cc1. The number of hydrogen-bond donors (Lipinski definition) is 0. The molecule has 3 heterocycles. The summed E-state index contributed by atoms with van der Waals surface area (Å²) < 4.78 is 8.48. The molecule has 2 aliphatic heterocycles. The van der Waals surface area contributed by atoms with Gasteiger partial charge in [-0.2, -0.15) is 5.10 Å². The molecule has 5 rings (SSSR count). The molecule has 0 saturated heterocycles. The van der Waals surface area contributed by atoms with E-state index in [0.29, 0.717) is 0 Å². The first-order valence-corrected chi connectivity index (χ1v) is 11.2. The maximum atomic E-state index is 6.48. The molecule has 27 heavy (non-hydrogen) atoms. The standard InChI is InChI=1S/C21H16Br2N2OS/c1-12-4-6-13(7-5-12)21-25-18(11-17(24-25)19-3-2-8-27-19)15-9-14(22)10-16(23)20(15)26-21/h2-10,18,21H,11H2,1H3/t18-,21-/m1/s1. The Hall–Kier alpha value is -1.63. The van der Waals surface area contributed by atoms with Crippen LogP contribution < -0.4 is 4.74 Å². The quantitative estimate of drug-likeness (QED) is 0.383. The summed E-state index contributed by atoms with van der Waals surface area (Å²) in [6.45, 7) is 2.10. The van der Waals surface area contributed by atoms with Crippen molar-refractivity contribution >= 4 is 48.9 Å². The van der Waals surface area contributed by atoms with Crippen LogP contribution in [-0.2, 0) is 0 Å². The van der Waals surface area contributed by atoms with Gasteiger partial charge in [0, 0.05) is 22.0 Å². The Morgan fingerprint density at radius 3 is 2.70 bits per heavy atom. The van der Waals surface area contributed by atoms with Crippen molar-refractivity contribution in [3.63, 3.8) is 0 Å². The first-order chi connectivity index (χ1) is 13.1. The van der Waals surface area contributed by atoms with Crippen molar-refractivity contribution in [2.45, 2.75) is 25.6 Å². The van der Waals surface area contributed by atoms with Gasteiger partial charge in [0.1, 0.15) is 5.75 Å². The average Bonchev–Trinajstić information content (AvgIpc) is 3.32. The second-order valence-corrected chi connectivity index (χ2v) is 9.53. The van der Waals surface area contributed by atoms with Gasteiger partial charge in [-0.05, 0) is 46.4 Å². The average molecular weight is 504 g/mol. The summed E-state index contributed by atoms with van der Waals surface area (Å²) >= 11 is 9.04. The number of hydrazone groups is 1. The van der Waals surface area contributed by atoms with Crippen LogP contribution in [0.2, 0.25) is 0 Å². The first-order valence-electron chi connectivity index (χ1n) is 8.72. The van der Waals surface area contributed by atoms with E-state index < -0.39 is 0 Å². The molecule has 3 aromatic rings. The maximum absolute atomic E-state index is 6.48. The minimum Gasteiger partial charge on any atom is -0.463 e. The molecule has 1 aromatic heterocycles. The lowest BCUT2D eigenvalue weighted by Crippen LogP contribution is -2.33. The zero-order chi connectivity index (χ0) is 18.5. The second kappa shape index (κ2) is 6.76. The Balaban J connectivity index is 1.64. The fourth-order valence-corrected chi connectivity index (χ4v) is 5.73. The second-order valence-electron chi connectivity index (χ2n) is 6.81. The first kappa shape index (κ1) is 17.5. The number of fused-ring (bicyclic) bond motifs is 3. The van der Waals surface area contributed by atoms with Crippen molar-refractivity contribution in [1.29, 1.82) is 0 Å². The summed E-state index contributed by atoms with van der Waals surface area (Å²) in [6, 6.07) is 17.1.